The number of carboxylic acids is 1. The molecule has 0 atom stereocenters. The number of carboxylic acid groups (broad SMARTS) is 1. The molecule has 0 fully saturated rings. The molecule has 6 heteroatoms. The Morgan fingerprint density at radius 3 is 2.03 bits per heavy atom. The van der Waals surface area contributed by atoms with Crippen molar-refractivity contribution in [2.45, 2.75) is 110 Å². The Balaban J connectivity index is 0.00000900. The molecule has 0 spiro atoms. The molecule has 0 radical (unpaired) electrons. The molecular weight excluding hydrogens is 399 g/mol. The third-order valence-corrected chi connectivity index (χ3v) is 5.92. The summed E-state index contributed by atoms with van der Waals surface area (Å²) >= 11 is 0. The first-order chi connectivity index (χ1) is 14.6. The van der Waals surface area contributed by atoms with Crippen molar-refractivity contribution < 1.29 is 44.2 Å². The van der Waals surface area contributed by atoms with Crippen LogP contribution < -0.4 is 34.7 Å². The molecule has 176 valence electrons. The zero-order valence-corrected chi connectivity index (χ0v) is 22.8. The Morgan fingerprint density at radius 1 is 0.935 bits per heavy atom. The second-order valence-corrected chi connectivity index (χ2v) is 9.19. The van der Waals surface area contributed by atoms with Crippen LogP contribution in [0.15, 0.2) is 4.99 Å². The van der Waals surface area contributed by atoms with Crippen molar-refractivity contribution in [3.8, 4) is 0 Å². The first-order valence-corrected chi connectivity index (χ1v) is 12.7. The van der Waals surface area contributed by atoms with Crippen LogP contribution in [0.25, 0.3) is 0 Å². The summed E-state index contributed by atoms with van der Waals surface area (Å²) in [4.78, 5) is 17.3. The van der Waals surface area contributed by atoms with Crippen LogP contribution in [-0.4, -0.2) is 49.6 Å². The zero-order chi connectivity index (χ0) is 21.9. The van der Waals surface area contributed by atoms with Gasteiger partial charge in [0, 0.05) is 31.9 Å². The Labute approximate surface area is 214 Å². The van der Waals surface area contributed by atoms with Crippen LogP contribution in [0, 0.1) is 5.92 Å². The molecule has 0 bridgehead atoms. The summed E-state index contributed by atoms with van der Waals surface area (Å²) in [6.45, 7) is 8.10. The molecule has 0 aliphatic carbocycles. The molecule has 0 saturated carbocycles. The molecule has 5 nitrogen and oxygen atoms in total. The van der Waals surface area contributed by atoms with Crippen molar-refractivity contribution >= 4 is 11.8 Å². The molecule has 0 saturated heterocycles. The van der Waals surface area contributed by atoms with Crippen LogP contribution in [0.4, 0.5) is 0 Å². The number of hydrogen-bond acceptors (Lipinski definition) is 5. The predicted molar refractivity (Wildman–Crippen MR) is 124 cm³/mol. The number of aliphatic imine (C=N–C) groups is 1. The van der Waals surface area contributed by atoms with E-state index in [-0.39, 0.29) is 42.6 Å². The molecule has 0 aromatic carbocycles. The molecule has 0 amide bonds. The van der Waals surface area contributed by atoms with E-state index in [1.54, 1.807) is 0 Å². The summed E-state index contributed by atoms with van der Waals surface area (Å²) in [7, 11) is 0. The predicted octanol–water partition coefficient (Wildman–Crippen LogP) is 1.98. The van der Waals surface area contributed by atoms with Gasteiger partial charge in [0.15, 0.2) is 0 Å². The summed E-state index contributed by atoms with van der Waals surface area (Å²) in [6.07, 6.45) is 19.0. The van der Waals surface area contributed by atoms with Gasteiger partial charge in [-0.25, -0.2) is 0 Å². The van der Waals surface area contributed by atoms with Gasteiger partial charge >= 0.3 is 29.6 Å². The summed E-state index contributed by atoms with van der Waals surface area (Å²) in [6, 6.07) is 0. The summed E-state index contributed by atoms with van der Waals surface area (Å²) in [5, 5.41) is 10.4. The van der Waals surface area contributed by atoms with Crippen molar-refractivity contribution in [3.63, 3.8) is 0 Å². The SMILES string of the molecule is CC(C)CCCCCCCCCCCCCCC1=NCCN1CCOCCC(=O)[O-].[Na+]. The quantitative estimate of drug-likeness (QED) is 0.200. The molecule has 31 heavy (non-hydrogen) atoms. The van der Waals surface area contributed by atoms with E-state index in [1.807, 2.05) is 0 Å². The number of carbonyl (C=O) groups excluding carboxylic acids is 1. The van der Waals surface area contributed by atoms with Crippen LogP contribution in [0.2, 0.25) is 0 Å². The molecule has 1 aliphatic rings. The van der Waals surface area contributed by atoms with Gasteiger partial charge in [-0.3, -0.25) is 4.99 Å². The molecule has 1 heterocycles. The Kier molecular flexibility index (Phi) is 21.7. The maximum atomic E-state index is 10.4. The van der Waals surface area contributed by atoms with E-state index in [0.717, 1.165) is 32.0 Å². The Morgan fingerprint density at radius 2 is 1.48 bits per heavy atom. The number of nitrogens with zero attached hydrogens (tertiary/aromatic N) is 2. The van der Waals surface area contributed by atoms with Crippen LogP contribution in [-0.2, 0) is 9.53 Å². The summed E-state index contributed by atoms with van der Waals surface area (Å²) < 4.78 is 5.37. The van der Waals surface area contributed by atoms with Gasteiger partial charge in [0.25, 0.3) is 0 Å². The smallest absolute Gasteiger partial charge is 0.550 e. The average Bonchev–Trinajstić information content (AvgIpc) is 3.14. The summed E-state index contributed by atoms with van der Waals surface area (Å²) in [5.41, 5.74) is 0. The Bertz CT molecular complexity index is 458. The second-order valence-electron chi connectivity index (χ2n) is 9.19. The fraction of sp³-hybridized carbons (Fsp3) is 0.920. The van der Waals surface area contributed by atoms with Crippen LogP contribution in [0.3, 0.4) is 0 Å². The number of unbranched alkanes of at least 4 members (excludes halogenated alkanes) is 11. The van der Waals surface area contributed by atoms with E-state index in [0.29, 0.717) is 6.61 Å². The number of rotatable bonds is 21. The van der Waals surface area contributed by atoms with E-state index < -0.39 is 5.97 Å². The molecule has 0 unspecified atom stereocenters. The van der Waals surface area contributed by atoms with E-state index in [9.17, 15) is 9.90 Å². The topological polar surface area (TPSA) is 65.0 Å². The fourth-order valence-corrected chi connectivity index (χ4v) is 4.04. The minimum absolute atomic E-state index is 0. The average molecular weight is 447 g/mol. The van der Waals surface area contributed by atoms with Gasteiger partial charge in [-0.15, -0.1) is 0 Å². The molecule has 0 aromatic heterocycles. The van der Waals surface area contributed by atoms with E-state index in [4.69, 9.17) is 4.74 Å². The largest absolute Gasteiger partial charge is 1.00 e. The maximum absolute atomic E-state index is 10.4. The minimum Gasteiger partial charge on any atom is -0.550 e. The third-order valence-electron chi connectivity index (χ3n) is 5.92. The third kappa shape index (κ3) is 19.1. The molecule has 0 N–H and O–H groups in total. The number of amidine groups is 1. The number of ether oxygens (including phenoxy) is 1. The van der Waals surface area contributed by atoms with E-state index in [2.05, 4.69) is 23.7 Å². The fourth-order valence-electron chi connectivity index (χ4n) is 4.04. The minimum atomic E-state index is -1.05. The Hall–Kier alpha value is -0.100. The van der Waals surface area contributed by atoms with Gasteiger partial charge in [0.2, 0.25) is 0 Å². The van der Waals surface area contributed by atoms with Gasteiger partial charge in [-0.1, -0.05) is 90.9 Å². The second kappa shape index (κ2) is 21.7. The van der Waals surface area contributed by atoms with Crippen molar-refractivity contribution in [1.82, 2.24) is 4.90 Å². The van der Waals surface area contributed by atoms with Gasteiger partial charge in [0.05, 0.1) is 25.6 Å². The monoisotopic (exact) mass is 446 g/mol. The van der Waals surface area contributed by atoms with Crippen molar-refractivity contribution in [2.24, 2.45) is 10.9 Å². The number of carbonyl (C=O) groups is 1. The molecule has 1 rings (SSSR count). The summed E-state index contributed by atoms with van der Waals surface area (Å²) in [5.74, 6) is 1.03. The van der Waals surface area contributed by atoms with Gasteiger partial charge in [-0.05, 0) is 12.3 Å². The molecular formula is C25H47N2NaO3. The van der Waals surface area contributed by atoms with Gasteiger partial charge in [-0.2, -0.15) is 0 Å². The maximum Gasteiger partial charge on any atom is 1.00 e. The van der Waals surface area contributed by atoms with Crippen molar-refractivity contribution in [3.05, 3.63) is 0 Å². The normalized spacial score (nSPS) is 13.5. The molecule has 1 aliphatic heterocycles. The number of hydrogen-bond donors (Lipinski definition) is 0. The first-order valence-electron chi connectivity index (χ1n) is 12.7. The van der Waals surface area contributed by atoms with Crippen molar-refractivity contribution in [2.75, 3.05) is 32.8 Å². The number of aliphatic carboxylic acids is 1. The van der Waals surface area contributed by atoms with Crippen LogP contribution in [0.1, 0.15) is 110 Å². The van der Waals surface area contributed by atoms with E-state index in [1.165, 1.54) is 89.3 Å². The van der Waals surface area contributed by atoms with Crippen molar-refractivity contribution in [1.29, 1.82) is 0 Å². The standard InChI is InChI=1S/C25H48N2O3.Na/c1-23(2)15-13-11-9-7-5-3-4-6-8-10-12-14-16-24-26-18-19-27(24)20-22-30-21-17-25(28)29;/h23H,3-22H2,1-2H3,(H,28,29);/q;+1/p-1. The van der Waals surface area contributed by atoms with Gasteiger partial charge < -0.3 is 19.5 Å². The van der Waals surface area contributed by atoms with E-state index >= 15 is 0 Å². The zero-order valence-electron chi connectivity index (χ0n) is 20.8. The van der Waals surface area contributed by atoms with Crippen LogP contribution >= 0.6 is 0 Å². The first kappa shape index (κ1) is 30.9. The van der Waals surface area contributed by atoms with Crippen LogP contribution in [0.5, 0.6) is 0 Å². The molecule has 0 aromatic rings. The van der Waals surface area contributed by atoms with Gasteiger partial charge in [0.1, 0.15) is 0 Å².